The maximum absolute atomic E-state index is 11.9. The number of esters is 1. The van der Waals surface area contributed by atoms with E-state index in [1.807, 2.05) is 13.8 Å². The van der Waals surface area contributed by atoms with Crippen LogP contribution in [-0.2, 0) is 19.1 Å². The van der Waals surface area contributed by atoms with Crippen molar-refractivity contribution in [3.8, 4) is 0 Å². The fraction of sp³-hybridized carbons (Fsp3) is 0.818. The Morgan fingerprint density at radius 3 is 2.41 bits per heavy atom. The van der Waals surface area contributed by atoms with Gasteiger partial charge in [-0.1, -0.05) is 0 Å². The quantitative estimate of drug-likeness (QED) is 0.478. The highest BCUT2D eigenvalue weighted by molar-refractivity contribution is 7.99. The molecule has 0 aliphatic rings. The highest BCUT2D eigenvalue weighted by Gasteiger charge is 2.19. The number of ether oxygens (including phenoxy) is 2. The predicted molar refractivity (Wildman–Crippen MR) is 68.1 cm³/mol. The minimum Gasteiger partial charge on any atom is -0.468 e. The molecule has 0 saturated carbocycles. The lowest BCUT2D eigenvalue weighted by molar-refractivity contribution is -0.147. The molecule has 5 nitrogen and oxygen atoms in total. The molecular weight excluding hydrogens is 242 g/mol. The third-order valence-corrected chi connectivity index (χ3v) is 3.03. The van der Waals surface area contributed by atoms with Crippen LogP contribution in [0.25, 0.3) is 0 Å². The van der Waals surface area contributed by atoms with Gasteiger partial charge in [-0.2, -0.15) is 0 Å². The first kappa shape index (κ1) is 16.2. The van der Waals surface area contributed by atoms with E-state index < -0.39 is 5.97 Å². The SMILES string of the molecule is COCCSCC(=O)N(CC(=O)OC)C(C)C. The molecule has 0 aliphatic carbocycles. The van der Waals surface area contributed by atoms with Gasteiger partial charge in [-0.05, 0) is 13.8 Å². The van der Waals surface area contributed by atoms with E-state index in [0.717, 1.165) is 5.75 Å². The van der Waals surface area contributed by atoms with Gasteiger partial charge in [0.05, 0.1) is 19.5 Å². The molecule has 0 unspecified atom stereocenters. The van der Waals surface area contributed by atoms with E-state index in [9.17, 15) is 9.59 Å². The van der Waals surface area contributed by atoms with Crippen molar-refractivity contribution in [2.45, 2.75) is 19.9 Å². The van der Waals surface area contributed by atoms with Crippen LogP contribution in [-0.4, -0.2) is 61.7 Å². The molecule has 0 N–H and O–H groups in total. The van der Waals surface area contributed by atoms with Gasteiger partial charge in [0.1, 0.15) is 6.54 Å². The second-order valence-electron chi connectivity index (χ2n) is 3.74. The highest BCUT2D eigenvalue weighted by atomic mass is 32.2. The molecule has 0 aromatic heterocycles. The van der Waals surface area contributed by atoms with Crippen LogP contribution in [0.2, 0.25) is 0 Å². The number of methoxy groups -OCH3 is 2. The van der Waals surface area contributed by atoms with Gasteiger partial charge in [0.2, 0.25) is 5.91 Å². The maximum Gasteiger partial charge on any atom is 0.325 e. The van der Waals surface area contributed by atoms with Crippen molar-refractivity contribution >= 4 is 23.6 Å². The zero-order valence-corrected chi connectivity index (χ0v) is 11.7. The Kier molecular flexibility index (Phi) is 8.89. The van der Waals surface area contributed by atoms with E-state index in [1.165, 1.54) is 23.8 Å². The van der Waals surface area contributed by atoms with Gasteiger partial charge in [0.25, 0.3) is 0 Å². The van der Waals surface area contributed by atoms with Gasteiger partial charge in [-0.15, -0.1) is 11.8 Å². The first-order chi connectivity index (χ1) is 8.02. The summed E-state index contributed by atoms with van der Waals surface area (Å²) < 4.78 is 9.46. The smallest absolute Gasteiger partial charge is 0.325 e. The minimum atomic E-state index is -0.394. The Balaban J connectivity index is 4.11. The average molecular weight is 263 g/mol. The number of carbonyl (C=O) groups excluding carboxylic acids is 2. The highest BCUT2D eigenvalue weighted by Crippen LogP contribution is 2.06. The lowest BCUT2D eigenvalue weighted by Gasteiger charge is -2.25. The fourth-order valence-electron chi connectivity index (χ4n) is 1.15. The summed E-state index contributed by atoms with van der Waals surface area (Å²) in [5.74, 6) is 0.686. The van der Waals surface area contributed by atoms with Crippen molar-refractivity contribution in [1.82, 2.24) is 4.90 Å². The van der Waals surface area contributed by atoms with E-state index in [4.69, 9.17) is 4.74 Å². The molecule has 0 saturated heterocycles. The van der Waals surface area contributed by atoms with Crippen LogP contribution in [0.3, 0.4) is 0 Å². The largest absolute Gasteiger partial charge is 0.468 e. The lowest BCUT2D eigenvalue weighted by atomic mass is 10.3. The van der Waals surface area contributed by atoms with Crippen LogP contribution >= 0.6 is 11.8 Å². The Hall–Kier alpha value is -0.750. The Morgan fingerprint density at radius 1 is 1.29 bits per heavy atom. The molecule has 0 aromatic rings. The molecule has 0 aromatic carbocycles. The molecule has 0 heterocycles. The molecule has 1 amide bonds. The second kappa shape index (κ2) is 9.30. The third kappa shape index (κ3) is 7.23. The van der Waals surface area contributed by atoms with Crippen molar-refractivity contribution in [1.29, 1.82) is 0 Å². The fourth-order valence-corrected chi connectivity index (χ4v) is 1.92. The number of nitrogens with zero attached hydrogens (tertiary/aromatic N) is 1. The van der Waals surface area contributed by atoms with Crippen LogP contribution < -0.4 is 0 Å². The molecule has 0 radical (unpaired) electrons. The predicted octanol–water partition coefficient (Wildman–Crippen LogP) is 0.776. The Labute approximate surface area is 107 Å². The van der Waals surface area contributed by atoms with Gasteiger partial charge >= 0.3 is 5.97 Å². The Bertz CT molecular complexity index is 246. The first-order valence-electron chi connectivity index (χ1n) is 5.45. The van der Waals surface area contributed by atoms with Gasteiger partial charge in [0, 0.05) is 18.9 Å². The van der Waals surface area contributed by atoms with Crippen LogP contribution in [0.1, 0.15) is 13.8 Å². The third-order valence-electron chi connectivity index (χ3n) is 2.13. The van der Waals surface area contributed by atoms with E-state index in [1.54, 1.807) is 7.11 Å². The molecule has 0 fully saturated rings. The molecule has 0 bridgehead atoms. The summed E-state index contributed by atoms with van der Waals surface area (Å²) in [6, 6.07) is -0.00961. The van der Waals surface area contributed by atoms with E-state index >= 15 is 0 Å². The van der Waals surface area contributed by atoms with Gasteiger partial charge in [-0.3, -0.25) is 9.59 Å². The molecule has 0 spiro atoms. The average Bonchev–Trinajstić information content (AvgIpc) is 2.30. The van der Waals surface area contributed by atoms with E-state index in [2.05, 4.69) is 4.74 Å². The van der Waals surface area contributed by atoms with Crippen molar-refractivity contribution in [3.05, 3.63) is 0 Å². The summed E-state index contributed by atoms with van der Waals surface area (Å²) in [4.78, 5) is 24.5. The molecule has 0 atom stereocenters. The molecule has 0 rings (SSSR count). The summed E-state index contributed by atoms with van der Waals surface area (Å²) >= 11 is 1.50. The topological polar surface area (TPSA) is 55.8 Å². The first-order valence-corrected chi connectivity index (χ1v) is 6.61. The van der Waals surface area contributed by atoms with Gasteiger partial charge in [0.15, 0.2) is 0 Å². The summed E-state index contributed by atoms with van der Waals surface area (Å²) in [6.45, 7) is 4.38. The zero-order valence-electron chi connectivity index (χ0n) is 10.9. The van der Waals surface area contributed by atoms with Crippen molar-refractivity contribution < 1.29 is 19.1 Å². The Morgan fingerprint density at radius 2 is 1.94 bits per heavy atom. The van der Waals surface area contributed by atoms with E-state index in [-0.39, 0.29) is 18.5 Å². The second-order valence-corrected chi connectivity index (χ2v) is 4.84. The summed E-state index contributed by atoms with van der Waals surface area (Å²) in [7, 11) is 2.94. The number of rotatable bonds is 8. The number of hydrogen-bond acceptors (Lipinski definition) is 5. The molecule has 100 valence electrons. The van der Waals surface area contributed by atoms with Crippen LogP contribution in [0.5, 0.6) is 0 Å². The molecular formula is C11H21NO4S. The molecule has 0 aliphatic heterocycles. The molecule has 6 heteroatoms. The minimum absolute atomic E-state index is 0.00961. The monoisotopic (exact) mass is 263 g/mol. The number of thioether (sulfide) groups is 1. The molecule has 17 heavy (non-hydrogen) atoms. The van der Waals surface area contributed by atoms with Crippen molar-refractivity contribution in [2.75, 3.05) is 38.9 Å². The maximum atomic E-state index is 11.9. The van der Waals surface area contributed by atoms with Gasteiger partial charge in [-0.25, -0.2) is 0 Å². The van der Waals surface area contributed by atoms with Gasteiger partial charge < -0.3 is 14.4 Å². The van der Waals surface area contributed by atoms with Crippen molar-refractivity contribution in [3.63, 3.8) is 0 Å². The lowest BCUT2D eigenvalue weighted by Crippen LogP contribution is -2.42. The number of hydrogen-bond donors (Lipinski definition) is 0. The van der Waals surface area contributed by atoms with Crippen molar-refractivity contribution in [2.24, 2.45) is 0 Å². The van der Waals surface area contributed by atoms with Crippen LogP contribution in [0, 0.1) is 0 Å². The number of carbonyl (C=O) groups is 2. The number of amides is 1. The van der Waals surface area contributed by atoms with Crippen LogP contribution in [0.15, 0.2) is 0 Å². The van der Waals surface area contributed by atoms with E-state index in [0.29, 0.717) is 12.4 Å². The summed E-state index contributed by atoms with van der Waals surface area (Å²) in [5, 5.41) is 0. The standard InChI is InChI=1S/C11H21NO4S/c1-9(2)12(7-11(14)16-4)10(13)8-17-6-5-15-3/h9H,5-8H2,1-4H3. The summed E-state index contributed by atoms with van der Waals surface area (Å²) in [6.07, 6.45) is 0. The van der Waals surface area contributed by atoms with Crippen LogP contribution in [0.4, 0.5) is 0 Å². The zero-order chi connectivity index (χ0) is 13.3. The summed E-state index contributed by atoms with van der Waals surface area (Å²) in [5.41, 5.74) is 0. The normalized spacial score (nSPS) is 10.4.